The number of para-hydroxylation sites is 1. The maximum atomic E-state index is 12.4. The van der Waals surface area contributed by atoms with Crippen molar-refractivity contribution >= 4 is 17.2 Å². The van der Waals surface area contributed by atoms with Crippen molar-refractivity contribution in [2.24, 2.45) is 5.10 Å². The molecule has 23 heavy (non-hydrogen) atoms. The molecule has 0 radical (unpaired) electrons. The van der Waals surface area contributed by atoms with Crippen LogP contribution in [-0.2, 0) is 6.18 Å². The first-order valence-electron chi connectivity index (χ1n) is 6.36. The summed E-state index contributed by atoms with van der Waals surface area (Å²) in [7, 11) is 0. The average molecular weight is 324 g/mol. The van der Waals surface area contributed by atoms with Gasteiger partial charge < -0.3 is 0 Å². The minimum absolute atomic E-state index is 0.0935. The van der Waals surface area contributed by atoms with Gasteiger partial charge in [-0.05, 0) is 25.1 Å². The van der Waals surface area contributed by atoms with Gasteiger partial charge in [0.1, 0.15) is 5.82 Å². The van der Waals surface area contributed by atoms with Gasteiger partial charge in [0.2, 0.25) is 0 Å². The molecule has 0 aliphatic heterocycles. The summed E-state index contributed by atoms with van der Waals surface area (Å²) in [6, 6.07) is 8.01. The molecule has 0 aliphatic rings. The predicted molar refractivity (Wildman–Crippen MR) is 78.2 cm³/mol. The number of nitrogens with zero attached hydrogens (tertiary/aromatic N) is 3. The van der Waals surface area contributed by atoms with E-state index in [2.05, 4.69) is 15.5 Å². The topological polar surface area (TPSA) is 80.4 Å². The summed E-state index contributed by atoms with van der Waals surface area (Å²) < 4.78 is 37.3. The molecule has 6 nitrogen and oxygen atoms in total. The largest absolute Gasteiger partial charge is 0.417 e. The highest BCUT2D eigenvalue weighted by atomic mass is 19.4. The molecule has 0 saturated heterocycles. The van der Waals surface area contributed by atoms with Crippen LogP contribution < -0.4 is 5.43 Å². The fourth-order valence-electron chi connectivity index (χ4n) is 1.77. The highest BCUT2D eigenvalue weighted by Crippen LogP contribution is 2.28. The van der Waals surface area contributed by atoms with Gasteiger partial charge in [-0.2, -0.15) is 18.3 Å². The number of hydrogen-bond donors (Lipinski definition) is 1. The monoisotopic (exact) mass is 324 g/mol. The van der Waals surface area contributed by atoms with E-state index in [1.54, 1.807) is 13.0 Å². The fourth-order valence-corrected chi connectivity index (χ4v) is 1.77. The van der Waals surface area contributed by atoms with Crippen molar-refractivity contribution in [1.82, 2.24) is 4.98 Å². The van der Waals surface area contributed by atoms with Gasteiger partial charge in [0.25, 0.3) is 5.69 Å². The molecule has 1 aromatic carbocycles. The number of nitro benzene ring substituents is 1. The minimum atomic E-state index is -4.46. The number of rotatable bonds is 4. The fraction of sp³-hybridized carbons (Fsp3) is 0.143. The van der Waals surface area contributed by atoms with Gasteiger partial charge in [-0.1, -0.05) is 12.1 Å². The molecule has 1 heterocycles. The molecule has 1 aromatic heterocycles. The van der Waals surface area contributed by atoms with Crippen LogP contribution in [0.25, 0.3) is 0 Å². The minimum Gasteiger partial charge on any atom is -0.261 e. The number of halogens is 3. The number of aromatic nitrogens is 1. The van der Waals surface area contributed by atoms with E-state index in [0.717, 1.165) is 12.1 Å². The number of hydrogen-bond acceptors (Lipinski definition) is 5. The molecule has 120 valence electrons. The Morgan fingerprint density at radius 2 is 1.96 bits per heavy atom. The maximum absolute atomic E-state index is 12.4. The third-order valence-electron chi connectivity index (χ3n) is 2.92. The lowest BCUT2D eigenvalue weighted by molar-refractivity contribution is -0.385. The lowest BCUT2D eigenvalue weighted by Crippen LogP contribution is -2.07. The average Bonchev–Trinajstić information content (AvgIpc) is 2.52. The second kappa shape index (κ2) is 6.42. The molecule has 0 amide bonds. The number of pyridine rings is 1. The van der Waals surface area contributed by atoms with Crippen LogP contribution in [-0.4, -0.2) is 15.6 Å². The summed E-state index contributed by atoms with van der Waals surface area (Å²) >= 11 is 0. The molecular formula is C14H11F3N4O2. The van der Waals surface area contributed by atoms with E-state index in [0.29, 0.717) is 17.5 Å². The van der Waals surface area contributed by atoms with E-state index >= 15 is 0 Å². The summed E-state index contributed by atoms with van der Waals surface area (Å²) in [5.41, 5.74) is 2.09. The molecule has 0 saturated carbocycles. The van der Waals surface area contributed by atoms with Crippen molar-refractivity contribution in [3.63, 3.8) is 0 Å². The highest BCUT2D eigenvalue weighted by Gasteiger charge is 2.30. The van der Waals surface area contributed by atoms with E-state index < -0.39 is 16.7 Å². The number of hydrazone groups is 1. The molecule has 0 aliphatic carbocycles. The van der Waals surface area contributed by atoms with Gasteiger partial charge in [0.15, 0.2) is 0 Å². The third-order valence-corrected chi connectivity index (χ3v) is 2.92. The molecule has 2 rings (SSSR count). The lowest BCUT2D eigenvalue weighted by atomic mass is 10.1. The van der Waals surface area contributed by atoms with Gasteiger partial charge in [0, 0.05) is 12.3 Å². The zero-order valence-corrected chi connectivity index (χ0v) is 11.8. The Kier molecular flexibility index (Phi) is 4.58. The molecule has 0 spiro atoms. The first kappa shape index (κ1) is 16.4. The van der Waals surface area contributed by atoms with E-state index in [9.17, 15) is 23.3 Å². The smallest absolute Gasteiger partial charge is 0.261 e. The van der Waals surface area contributed by atoms with Gasteiger partial charge in [-0.3, -0.25) is 15.5 Å². The van der Waals surface area contributed by atoms with Gasteiger partial charge in [-0.15, -0.1) is 0 Å². The zero-order chi connectivity index (χ0) is 17.0. The van der Waals surface area contributed by atoms with Crippen molar-refractivity contribution < 1.29 is 18.1 Å². The predicted octanol–water partition coefficient (Wildman–Crippen LogP) is 3.84. The summed E-state index contributed by atoms with van der Waals surface area (Å²) in [5.74, 6) is 0.0935. The highest BCUT2D eigenvalue weighted by molar-refractivity contribution is 6.02. The number of nitro groups is 1. The molecule has 1 N–H and O–H groups in total. The Morgan fingerprint density at radius 3 is 2.52 bits per heavy atom. The van der Waals surface area contributed by atoms with E-state index in [4.69, 9.17) is 0 Å². The quantitative estimate of drug-likeness (QED) is 0.526. The number of nitrogens with one attached hydrogen (secondary N) is 1. The van der Waals surface area contributed by atoms with Gasteiger partial charge in [0.05, 0.1) is 21.8 Å². The van der Waals surface area contributed by atoms with Crippen LogP contribution >= 0.6 is 0 Å². The second-order valence-electron chi connectivity index (χ2n) is 4.51. The van der Waals surface area contributed by atoms with Crippen LogP contribution in [0.1, 0.15) is 18.1 Å². The first-order chi connectivity index (χ1) is 10.8. The Balaban J connectivity index is 2.19. The van der Waals surface area contributed by atoms with Crippen LogP contribution in [0.2, 0.25) is 0 Å². The van der Waals surface area contributed by atoms with Crippen molar-refractivity contribution in [2.75, 3.05) is 5.43 Å². The van der Waals surface area contributed by atoms with Crippen molar-refractivity contribution in [3.8, 4) is 0 Å². The molecule has 0 unspecified atom stereocenters. The number of anilines is 1. The Labute approximate surface area is 128 Å². The van der Waals surface area contributed by atoms with E-state index in [-0.39, 0.29) is 11.5 Å². The summed E-state index contributed by atoms with van der Waals surface area (Å²) in [5, 5.41) is 14.9. The van der Waals surface area contributed by atoms with Crippen LogP contribution in [0.15, 0.2) is 47.7 Å². The summed E-state index contributed by atoms with van der Waals surface area (Å²) in [6.07, 6.45) is -3.78. The van der Waals surface area contributed by atoms with E-state index in [1.807, 2.05) is 0 Å². The standard InChI is InChI=1S/C14H11F3N4O2/c1-9(11-4-2-3-5-12(11)21(22)23)19-20-13-7-6-10(8-18-13)14(15,16)17/h2-8H,1H3,(H,18,20)/b19-9-. The Hall–Kier alpha value is -2.97. The molecule has 2 aromatic rings. The second-order valence-corrected chi connectivity index (χ2v) is 4.51. The number of alkyl halides is 3. The SMILES string of the molecule is C/C(=N/Nc1ccc(C(F)(F)F)cn1)c1ccccc1[N+](=O)[O-]. The Morgan fingerprint density at radius 1 is 1.26 bits per heavy atom. The molecule has 0 fully saturated rings. The van der Waals surface area contributed by atoms with Gasteiger partial charge in [-0.25, -0.2) is 4.98 Å². The first-order valence-corrected chi connectivity index (χ1v) is 6.36. The molecule has 0 atom stereocenters. The molecular weight excluding hydrogens is 313 g/mol. The summed E-state index contributed by atoms with van der Waals surface area (Å²) in [6.45, 7) is 1.54. The lowest BCUT2D eigenvalue weighted by Gasteiger charge is -2.07. The van der Waals surface area contributed by atoms with Crippen LogP contribution in [0, 0.1) is 10.1 Å². The number of benzene rings is 1. The maximum Gasteiger partial charge on any atom is 0.417 e. The van der Waals surface area contributed by atoms with Crippen LogP contribution in [0.4, 0.5) is 24.7 Å². The van der Waals surface area contributed by atoms with Crippen molar-refractivity contribution in [3.05, 3.63) is 63.8 Å². The van der Waals surface area contributed by atoms with Crippen molar-refractivity contribution in [1.29, 1.82) is 0 Å². The Bertz CT molecular complexity index is 742. The molecule has 9 heteroatoms. The normalized spacial score (nSPS) is 12.1. The third kappa shape index (κ3) is 4.02. The summed E-state index contributed by atoms with van der Waals surface area (Å²) in [4.78, 5) is 14.0. The van der Waals surface area contributed by atoms with Gasteiger partial charge >= 0.3 is 6.18 Å². The zero-order valence-electron chi connectivity index (χ0n) is 11.8. The van der Waals surface area contributed by atoms with Crippen LogP contribution in [0.5, 0.6) is 0 Å². The van der Waals surface area contributed by atoms with Crippen molar-refractivity contribution in [2.45, 2.75) is 13.1 Å². The van der Waals surface area contributed by atoms with Crippen LogP contribution in [0.3, 0.4) is 0 Å². The molecule has 0 bridgehead atoms. The van der Waals surface area contributed by atoms with E-state index in [1.165, 1.54) is 18.2 Å².